The van der Waals surface area contributed by atoms with E-state index in [9.17, 15) is 4.79 Å². The van der Waals surface area contributed by atoms with Gasteiger partial charge in [0, 0.05) is 54.4 Å². The number of hydrogen-bond donors (Lipinski definition) is 2. The quantitative estimate of drug-likeness (QED) is 0.591. The lowest BCUT2D eigenvalue weighted by Crippen LogP contribution is -2.35. The van der Waals surface area contributed by atoms with E-state index in [0.717, 1.165) is 35.4 Å². The van der Waals surface area contributed by atoms with Crippen LogP contribution >= 0.6 is 0 Å². The minimum Gasteiger partial charge on any atom is -0.357 e. The van der Waals surface area contributed by atoms with E-state index in [-0.39, 0.29) is 5.56 Å². The highest BCUT2D eigenvalue weighted by molar-refractivity contribution is 5.80. The summed E-state index contributed by atoms with van der Waals surface area (Å²) in [4.78, 5) is 30.1. The van der Waals surface area contributed by atoms with E-state index in [2.05, 4.69) is 38.1 Å². The van der Waals surface area contributed by atoms with E-state index < -0.39 is 0 Å². The fourth-order valence-corrected chi connectivity index (χ4v) is 3.73. The Morgan fingerprint density at radius 3 is 2.89 bits per heavy atom. The van der Waals surface area contributed by atoms with Gasteiger partial charge >= 0.3 is 0 Å². The second-order valence-electron chi connectivity index (χ2n) is 6.92. The first-order valence-corrected chi connectivity index (χ1v) is 9.08. The average Bonchev–Trinajstić information content (AvgIpc) is 3.10. The van der Waals surface area contributed by atoms with Gasteiger partial charge in [-0.05, 0) is 36.1 Å². The van der Waals surface area contributed by atoms with E-state index in [1.54, 1.807) is 12.4 Å². The highest BCUT2D eigenvalue weighted by atomic mass is 16.1. The third-order valence-electron chi connectivity index (χ3n) is 5.07. The van der Waals surface area contributed by atoms with Crippen LogP contribution in [0.5, 0.6) is 0 Å². The minimum atomic E-state index is -0.0379. The third kappa shape index (κ3) is 3.04. The van der Waals surface area contributed by atoms with Gasteiger partial charge in [0.15, 0.2) is 0 Å². The van der Waals surface area contributed by atoms with Crippen molar-refractivity contribution in [1.82, 2.24) is 24.8 Å². The van der Waals surface area contributed by atoms with Gasteiger partial charge in [-0.3, -0.25) is 14.7 Å². The van der Waals surface area contributed by atoms with E-state index in [1.165, 1.54) is 11.1 Å². The maximum atomic E-state index is 12.5. The van der Waals surface area contributed by atoms with Crippen LogP contribution in [0.1, 0.15) is 17.0 Å². The standard InChI is InChI=1S/C21H19N5O/c27-21-17-7-9-26(12-16-10-14-4-1-2-6-18(14)23-16)13-19(17)24-20(25-21)15-5-3-8-22-11-15/h1-6,8,10-11,23H,7,9,12-13H2,(H,24,25,27). The summed E-state index contributed by atoms with van der Waals surface area (Å²) in [6.45, 7) is 2.33. The summed E-state index contributed by atoms with van der Waals surface area (Å²) in [5, 5.41) is 1.22. The van der Waals surface area contributed by atoms with Crippen LogP contribution in [-0.2, 0) is 19.5 Å². The van der Waals surface area contributed by atoms with E-state index >= 15 is 0 Å². The van der Waals surface area contributed by atoms with Gasteiger partial charge in [0.1, 0.15) is 5.82 Å². The maximum Gasteiger partial charge on any atom is 0.254 e. The summed E-state index contributed by atoms with van der Waals surface area (Å²) in [7, 11) is 0. The molecule has 134 valence electrons. The Hall–Kier alpha value is -3.25. The summed E-state index contributed by atoms with van der Waals surface area (Å²) in [5.74, 6) is 0.583. The molecular formula is C21H19N5O. The molecule has 3 aromatic heterocycles. The maximum absolute atomic E-state index is 12.5. The molecule has 0 bridgehead atoms. The lowest BCUT2D eigenvalue weighted by molar-refractivity contribution is 0.238. The molecule has 0 saturated heterocycles. The average molecular weight is 357 g/mol. The number of hydrogen-bond acceptors (Lipinski definition) is 4. The predicted molar refractivity (Wildman–Crippen MR) is 104 cm³/mol. The molecule has 1 aromatic carbocycles. The summed E-state index contributed by atoms with van der Waals surface area (Å²) >= 11 is 0. The Kier molecular flexibility index (Phi) is 3.83. The fraction of sp³-hybridized carbons (Fsp3) is 0.190. The van der Waals surface area contributed by atoms with Gasteiger partial charge in [-0.25, -0.2) is 4.98 Å². The van der Waals surface area contributed by atoms with Crippen molar-refractivity contribution in [3.05, 3.63) is 82.2 Å². The van der Waals surface area contributed by atoms with Crippen molar-refractivity contribution in [2.45, 2.75) is 19.5 Å². The minimum absolute atomic E-state index is 0.0379. The largest absolute Gasteiger partial charge is 0.357 e. The van der Waals surface area contributed by atoms with Crippen LogP contribution in [0.15, 0.2) is 59.7 Å². The lowest BCUT2D eigenvalue weighted by atomic mass is 10.1. The summed E-state index contributed by atoms with van der Waals surface area (Å²) < 4.78 is 0. The zero-order valence-corrected chi connectivity index (χ0v) is 14.8. The number of para-hydroxylation sites is 1. The lowest BCUT2D eigenvalue weighted by Gasteiger charge is -2.27. The highest BCUT2D eigenvalue weighted by Gasteiger charge is 2.22. The van der Waals surface area contributed by atoms with Gasteiger partial charge in [-0.2, -0.15) is 0 Å². The summed E-state index contributed by atoms with van der Waals surface area (Å²) in [6.07, 6.45) is 4.14. The molecule has 6 nitrogen and oxygen atoms in total. The normalized spacial score (nSPS) is 14.4. The van der Waals surface area contributed by atoms with Crippen LogP contribution in [-0.4, -0.2) is 31.4 Å². The SMILES string of the molecule is O=c1[nH]c(-c2cccnc2)nc2c1CCN(Cc1cc3ccccc3[nH]1)C2. The first-order chi connectivity index (χ1) is 13.3. The Bertz CT molecular complexity index is 1130. The van der Waals surface area contributed by atoms with Gasteiger partial charge in [0.05, 0.1) is 5.69 Å². The summed E-state index contributed by atoms with van der Waals surface area (Å²) in [5.41, 5.74) is 4.78. The smallest absolute Gasteiger partial charge is 0.254 e. The van der Waals surface area contributed by atoms with Crippen molar-refractivity contribution in [3.8, 4) is 11.4 Å². The number of fused-ring (bicyclic) bond motifs is 2. The van der Waals surface area contributed by atoms with Crippen LogP contribution in [0.4, 0.5) is 0 Å². The number of nitrogens with one attached hydrogen (secondary N) is 2. The van der Waals surface area contributed by atoms with E-state index in [4.69, 9.17) is 4.98 Å². The van der Waals surface area contributed by atoms with E-state index in [1.807, 2.05) is 24.3 Å². The van der Waals surface area contributed by atoms with Crippen LogP contribution in [0.25, 0.3) is 22.3 Å². The monoisotopic (exact) mass is 357 g/mol. The second kappa shape index (κ2) is 6.48. The Morgan fingerprint density at radius 1 is 1.11 bits per heavy atom. The molecule has 0 spiro atoms. The zero-order valence-electron chi connectivity index (χ0n) is 14.8. The van der Waals surface area contributed by atoms with Crippen molar-refractivity contribution in [2.24, 2.45) is 0 Å². The molecule has 2 N–H and O–H groups in total. The fourth-order valence-electron chi connectivity index (χ4n) is 3.73. The topological polar surface area (TPSA) is 77.7 Å². The molecule has 0 aliphatic carbocycles. The number of benzene rings is 1. The number of rotatable bonds is 3. The molecule has 4 aromatic rings. The highest BCUT2D eigenvalue weighted by Crippen LogP contribution is 2.21. The van der Waals surface area contributed by atoms with Crippen molar-refractivity contribution >= 4 is 10.9 Å². The van der Waals surface area contributed by atoms with Gasteiger partial charge in [-0.15, -0.1) is 0 Å². The molecule has 0 fully saturated rings. The number of H-pyrrole nitrogens is 2. The van der Waals surface area contributed by atoms with Crippen LogP contribution in [0.2, 0.25) is 0 Å². The predicted octanol–water partition coefficient (Wildman–Crippen LogP) is 2.87. The molecule has 1 aliphatic rings. The summed E-state index contributed by atoms with van der Waals surface area (Å²) in [6, 6.07) is 14.2. The number of pyridine rings is 1. The van der Waals surface area contributed by atoms with Crippen molar-refractivity contribution in [1.29, 1.82) is 0 Å². The first kappa shape index (κ1) is 16.0. The number of aromatic amines is 2. The second-order valence-corrected chi connectivity index (χ2v) is 6.92. The van der Waals surface area contributed by atoms with Crippen molar-refractivity contribution < 1.29 is 0 Å². The molecule has 0 unspecified atom stereocenters. The van der Waals surface area contributed by atoms with Crippen LogP contribution in [0.3, 0.4) is 0 Å². The van der Waals surface area contributed by atoms with E-state index in [0.29, 0.717) is 18.8 Å². The molecule has 1 aliphatic heterocycles. The Labute approximate surface area is 155 Å². The van der Waals surface area contributed by atoms with Gasteiger partial charge in [0.25, 0.3) is 5.56 Å². The molecule has 5 rings (SSSR count). The number of nitrogens with zero attached hydrogens (tertiary/aromatic N) is 3. The molecule has 4 heterocycles. The van der Waals surface area contributed by atoms with Gasteiger partial charge < -0.3 is 9.97 Å². The molecule has 0 saturated carbocycles. The molecular weight excluding hydrogens is 338 g/mol. The van der Waals surface area contributed by atoms with Crippen molar-refractivity contribution in [2.75, 3.05) is 6.54 Å². The zero-order chi connectivity index (χ0) is 18.2. The number of aromatic nitrogens is 4. The van der Waals surface area contributed by atoms with Gasteiger partial charge in [0.2, 0.25) is 0 Å². The van der Waals surface area contributed by atoms with Gasteiger partial charge in [-0.1, -0.05) is 18.2 Å². The Balaban J connectivity index is 1.43. The van der Waals surface area contributed by atoms with Crippen molar-refractivity contribution in [3.63, 3.8) is 0 Å². The molecule has 0 radical (unpaired) electrons. The molecule has 6 heteroatoms. The van der Waals surface area contributed by atoms with Crippen LogP contribution < -0.4 is 5.56 Å². The first-order valence-electron chi connectivity index (χ1n) is 9.08. The molecule has 0 atom stereocenters. The third-order valence-corrected chi connectivity index (χ3v) is 5.07. The Morgan fingerprint density at radius 2 is 2.04 bits per heavy atom. The molecule has 0 amide bonds. The molecule has 27 heavy (non-hydrogen) atoms. The van der Waals surface area contributed by atoms with Crippen LogP contribution in [0, 0.1) is 0 Å².